The van der Waals surface area contributed by atoms with Crippen molar-refractivity contribution in [1.82, 2.24) is 4.90 Å². The Balaban J connectivity index is 1.96. The van der Waals surface area contributed by atoms with Crippen LogP contribution in [0.3, 0.4) is 0 Å². The zero-order valence-electron chi connectivity index (χ0n) is 11.7. The maximum atomic E-state index is 12.6. The van der Waals surface area contributed by atoms with Crippen LogP contribution in [0.1, 0.15) is 38.5 Å². The number of carbonyl (C=O) groups excluding carboxylic acids is 1. The first-order valence-corrected chi connectivity index (χ1v) is 7.39. The van der Waals surface area contributed by atoms with Crippen molar-refractivity contribution in [3.63, 3.8) is 0 Å². The fourth-order valence-electron chi connectivity index (χ4n) is 3.38. The quantitative estimate of drug-likeness (QED) is 0.853. The van der Waals surface area contributed by atoms with Gasteiger partial charge in [0, 0.05) is 13.1 Å². The van der Waals surface area contributed by atoms with Crippen LogP contribution in [0.4, 0.5) is 13.2 Å². The molecule has 1 aliphatic carbocycles. The molecule has 1 aliphatic heterocycles. The first kappa shape index (κ1) is 16.1. The Hall–Kier alpha value is -1.27. The molecule has 1 saturated heterocycles. The van der Waals surface area contributed by atoms with Crippen LogP contribution >= 0.6 is 0 Å². The van der Waals surface area contributed by atoms with Crippen LogP contribution in [0.15, 0.2) is 0 Å². The number of carboxylic acid groups (broad SMARTS) is 1. The van der Waals surface area contributed by atoms with Crippen molar-refractivity contribution in [3.8, 4) is 0 Å². The lowest BCUT2D eigenvalue weighted by Gasteiger charge is -2.37. The number of aliphatic carboxylic acids is 1. The van der Waals surface area contributed by atoms with Gasteiger partial charge in [-0.3, -0.25) is 9.59 Å². The average Bonchev–Trinajstić information content (AvgIpc) is 2.45. The maximum absolute atomic E-state index is 12.6. The van der Waals surface area contributed by atoms with Crippen LogP contribution in [0.2, 0.25) is 0 Å². The van der Waals surface area contributed by atoms with Crippen molar-refractivity contribution < 1.29 is 27.9 Å². The number of alkyl halides is 3. The zero-order valence-corrected chi connectivity index (χ0v) is 11.7. The van der Waals surface area contributed by atoms with E-state index in [9.17, 15) is 27.9 Å². The monoisotopic (exact) mass is 307 g/mol. The molecule has 0 spiro atoms. The van der Waals surface area contributed by atoms with Gasteiger partial charge in [0.05, 0.1) is 17.8 Å². The molecule has 1 amide bonds. The summed E-state index contributed by atoms with van der Waals surface area (Å²) >= 11 is 0. The fraction of sp³-hybridized carbons (Fsp3) is 0.857. The van der Waals surface area contributed by atoms with E-state index in [1.165, 1.54) is 4.90 Å². The Morgan fingerprint density at radius 2 is 1.48 bits per heavy atom. The smallest absolute Gasteiger partial charge is 0.391 e. The lowest BCUT2D eigenvalue weighted by Crippen LogP contribution is -2.47. The van der Waals surface area contributed by atoms with Gasteiger partial charge < -0.3 is 10.0 Å². The van der Waals surface area contributed by atoms with E-state index >= 15 is 0 Å². The number of amides is 1. The molecule has 1 N–H and O–H groups in total. The molecule has 2 fully saturated rings. The second kappa shape index (κ2) is 6.23. The largest absolute Gasteiger partial charge is 0.481 e. The van der Waals surface area contributed by atoms with E-state index in [1.807, 2.05) is 0 Å². The van der Waals surface area contributed by atoms with Gasteiger partial charge in [-0.1, -0.05) is 12.8 Å². The number of hydrogen-bond acceptors (Lipinski definition) is 2. The van der Waals surface area contributed by atoms with Crippen molar-refractivity contribution in [2.24, 2.45) is 17.8 Å². The fourth-order valence-corrected chi connectivity index (χ4v) is 3.38. The molecule has 21 heavy (non-hydrogen) atoms. The summed E-state index contributed by atoms with van der Waals surface area (Å²) < 4.78 is 37.8. The van der Waals surface area contributed by atoms with Gasteiger partial charge in [0.1, 0.15) is 0 Å². The lowest BCUT2D eigenvalue weighted by atomic mass is 9.78. The molecule has 0 aromatic carbocycles. The van der Waals surface area contributed by atoms with Gasteiger partial charge in [-0.2, -0.15) is 13.2 Å². The summed E-state index contributed by atoms with van der Waals surface area (Å²) in [6.07, 6.45) is -1.78. The second-order valence-electron chi connectivity index (χ2n) is 5.98. The molecule has 0 bridgehead atoms. The highest BCUT2D eigenvalue weighted by Crippen LogP contribution is 2.36. The summed E-state index contributed by atoms with van der Waals surface area (Å²) in [6.45, 7) is 0.150. The van der Waals surface area contributed by atoms with Crippen LogP contribution in [-0.4, -0.2) is 41.1 Å². The van der Waals surface area contributed by atoms with Crippen LogP contribution in [0.25, 0.3) is 0 Å². The predicted molar refractivity (Wildman–Crippen MR) is 68.4 cm³/mol. The number of halogens is 3. The van der Waals surface area contributed by atoms with Crippen LogP contribution < -0.4 is 0 Å². The lowest BCUT2D eigenvalue weighted by molar-refractivity contribution is -0.187. The van der Waals surface area contributed by atoms with E-state index in [4.69, 9.17) is 0 Å². The average molecular weight is 307 g/mol. The number of rotatable bonds is 2. The molecule has 2 aliphatic rings. The molecule has 2 rings (SSSR count). The Morgan fingerprint density at radius 1 is 0.952 bits per heavy atom. The summed E-state index contributed by atoms with van der Waals surface area (Å²) in [5.41, 5.74) is 0. The van der Waals surface area contributed by atoms with Gasteiger partial charge >= 0.3 is 12.1 Å². The van der Waals surface area contributed by atoms with E-state index in [0.717, 1.165) is 12.8 Å². The highest BCUT2D eigenvalue weighted by molar-refractivity contribution is 5.85. The van der Waals surface area contributed by atoms with Crippen molar-refractivity contribution in [3.05, 3.63) is 0 Å². The molecule has 1 heterocycles. The Kier molecular flexibility index (Phi) is 4.78. The summed E-state index contributed by atoms with van der Waals surface area (Å²) in [5.74, 6) is -3.85. The zero-order chi connectivity index (χ0) is 15.6. The van der Waals surface area contributed by atoms with Gasteiger partial charge in [0.25, 0.3) is 0 Å². The molecule has 0 radical (unpaired) electrons. The van der Waals surface area contributed by atoms with Gasteiger partial charge in [0.15, 0.2) is 0 Å². The summed E-state index contributed by atoms with van der Waals surface area (Å²) in [6, 6.07) is 0. The standard InChI is InChI=1S/C14H20F3NO3/c15-14(16,17)9-5-7-18(8-6-9)12(19)10-3-1-2-4-11(10)13(20)21/h9-11H,1-8H2,(H,20,21)/t10-,11+/m1/s1. The third kappa shape index (κ3) is 3.68. The molecule has 120 valence electrons. The normalized spacial score (nSPS) is 28.4. The number of likely N-dealkylation sites (tertiary alicyclic amines) is 1. The summed E-state index contributed by atoms with van der Waals surface area (Å²) in [5, 5.41) is 9.19. The SMILES string of the molecule is O=C(O)[C@H]1CCCC[C@H]1C(=O)N1CCC(C(F)(F)F)CC1. The van der Waals surface area contributed by atoms with E-state index in [-0.39, 0.29) is 31.8 Å². The van der Waals surface area contributed by atoms with E-state index in [0.29, 0.717) is 12.8 Å². The minimum absolute atomic E-state index is 0.0752. The first-order chi connectivity index (χ1) is 9.80. The highest BCUT2D eigenvalue weighted by atomic mass is 19.4. The van der Waals surface area contributed by atoms with E-state index in [1.54, 1.807) is 0 Å². The molecule has 1 saturated carbocycles. The Morgan fingerprint density at radius 3 is 1.95 bits per heavy atom. The van der Waals surface area contributed by atoms with E-state index in [2.05, 4.69) is 0 Å². The molecule has 0 aromatic rings. The van der Waals surface area contributed by atoms with Gasteiger partial charge in [0.2, 0.25) is 5.91 Å². The molecular weight excluding hydrogens is 287 g/mol. The van der Waals surface area contributed by atoms with Crippen LogP contribution in [-0.2, 0) is 9.59 Å². The number of nitrogens with zero attached hydrogens (tertiary/aromatic N) is 1. The third-order valence-electron chi connectivity index (χ3n) is 4.67. The molecule has 2 atom stereocenters. The van der Waals surface area contributed by atoms with Gasteiger partial charge in [-0.15, -0.1) is 0 Å². The third-order valence-corrected chi connectivity index (χ3v) is 4.67. The molecule has 7 heteroatoms. The summed E-state index contributed by atoms with van der Waals surface area (Å²) in [4.78, 5) is 25.0. The molecule has 0 aromatic heterocycles. The Bertz CT molecular complexity index is 403. The second-order valence-corrected chi connectivity index (χ2v) is 5.98. The van der Waals surface area contributed by atoms with Gasteiger partial charge in [-0.25, -0.2) is 0 Å². The minimum Gasteiger partial charge on any atom is -0.481 e. The van der Waals surface area contributed by atoms with Crippen molar-refractivity contribution in [2.75, 3.05) is 13.1 Å². The summed E-state index contributed by atoms with van der Waals surface area (Å²) in [7, 11) is 0. The van der Waals surface area contributed by atoms with Crippen molar-refractivity contribution >= 4 is 11.9 Å². The topological polar surface area (TPSA) is 57.6 Å². The number of hydrogen-bond donors (Lipinski definition) is 1. The highest BCUT2D eigenvalue weighted by Gasteiger charge is 2.44. The van der Waals surface area contributed by atoms with Crippen molar-refractivity contribution in [1.29, 1.82) is 0 Å². The van der Waals surface area contributed by atoms with E-state index < -0.39 is 29.9 Å². The number of carboxylic acids is 1. The van der Waals surface area contributed by atoms with Crippen LogP contribution in [0.5, 0.6) is 0 Å². The predicted octanol–water partition coefficient (Wildman–Crippen LogP) is 2.68. The minimum atomic E-state index is -4.20. The van der Waals surface area contributed by atoms with Crippen LogP contribution in [0, 0.1) is 17.8 Å². The molecule has 4 nitrogen and oxygen atoms in total. The molecule has 0 unspecified atom stereocenters. The number of carbonyl (C=O) groups is 2. The van der Waals surface area contributed by atoms with Crippen molar-refractivity contribution in [2.45, 2.75) is 44.7 Å². The first-order valence-electron chi connectivity index (χ1n) is 7.39. The number of piperidine rings is 1. The maximum Gasteiger partial charge on any atom is 0.391 e. The molecular formula is C14H20F3NO3. The van der Waals surface area contributed by atoms with Gasteiger partial charge in [-0.05, 0) is 25.7 Å². The Labute approximate surface area is 121 Å².